The Hall–Kier alpha value is -2.78. The van der Waals surface area contributed by atoms with Crippen molar-refractivity contribution in [3.8, 4) is 5.75 Å². The highest BCUT2D eigenvalue weighted by atomic mass is 19.4. The van der Waals surface area contributed by atoms with Crippen LogP contribution in [0.4, 0.5) is 18.9 Å². The van der Waals surface area contributed by atoms with Crippen LogP contribution in [0.2, 0.25) is 0 Å². The minimum atomic E-state index is -4.83. The lowest BCUT2D eigenvalue weighted by atomic mass is 9.98. The van der Waals surface area contributed by atoms with Gasteiger partial charge in [0, 0.05) is 12.6 Å². The monoisotopic (exact) mass is 402 g/mol. The molecule has 2 rings (SSSR count). The number of amides is 2. The van der Waals surface area contributed by atoms with E-state index in [-0.39, 0.29) is 18.0 Å². The van der Waals surface area contributed by atoms with Gasteiger partial charge in [-0.15, -0.1) is 0 Å². The molecule has 1 aliphatic heterocycles. The maximum absolute atomic E-state index is 13.5. The maximum atomic E-state index is 13.5. The molecule has 7 nitrogen and oxygen atoms in total. The number of ether oxygens (including phenoxy) is 1. The van der Waals surface area contributed by atoms with Gasteiger partial charge in [0.2, 0.25) is 0 Å². The molecule has 10 heteroatoms. The molecular formula is C18H21F3N2O5. The van der Waals surface area contributed by atoms with E-state index < -0.39 is 53.2 Å². The van der Waals surface area contributed by atoms with E-state index in [2.05, 4.69) is 5.32 Å². The lowest BCUT2D eigenvalue weighted by molar-refractivity contribution is -0.138. The number of hydrogen-bond donors (Lipinski definition) is 2. The van der Waals surface area contributed by atoms with Crippen LogP contribution in [0.1, 0.15) is 50.0 Å². The number of alkyl halides is 3. The summed E-state index contributed by atoms with van der Waals surface area (Å²) in [6.07, 6.45) is -5.25. The quantitative estimate of drug-likeness (QED) is 0.790. The molecule has 154 valence electrons. The third-order valence-corrected chi connectivity index (χ3v) is 4.03. The van der Waals surface area contributed by atoms with E-state index in [9.17, 15) is 27.6 Å². The van der Waals surface area contributed by atoms with Gasteiger partial charge in [-0.3, -0.25) is 14.4 Å². The van der Waals surface area contributed by atoms with Crippen LogP contribution in [0, 0.1) is 0 Å². The molecule has 0 spiro atoms. The summed E-state index contributed by atoms with van der Waals surface area (Å²) in [5.74, 6) is -3.00. The number of halogens is 3. The molecule has 0 atom stereocenters. The molecule has 0 aliphatic carbocycles. The van der Waals surface area contributed by atoms with E-state index in [1.165, 1.54) is 13.8 Å². The molecule has 0 unspecified atom stereocenters. The van der Waals surface area contributed by atoms with E-state index >= 15 is 0 Å². The van der Waals surface area contributed by atoms with Crippen LogP contribution in [0.25, 0.3) is 0 Å². The summed E-state index contributed by atoms with van der Waals surface area (Å²) < 4.78 is 46.1. The molecule has 0 aromatic heterocycles. The Kier molecular flexibility index (Phi) is 5.63. The molecule has 1 aromatic rings. The zero-order valence-corrected chi connectivity index (χ0v) is 15.8. The first kappa shape index (κ1) is 21.5. The van der Waals surface area contributed by atoms with Crippen molar-refractivity contribution in [2.45, 2.75) is 51.9 Å². The van der Waals surface area contributed by atoms with Gasteiger partial charge >= 0.3 is 12.1 Å². The topological polar surface area (TPSA) is 95.9 Å². The summed E-state index contributed by atoms with van der Waals surface area (Å²) in [7, 11) is 0. The second kappa shape index (κ2) is 7.33. The van der Waals surface area contributed by atoms with Crippen LogP contribution in [0.5, 0.6) is 5.75 Å². The van der Waals surface area contributed by atoms with Crippen molar-refractivity contribution in [3.05, 3.63) is 23.3 Å². The number of aliphatic carboxylic acids is 1. The highest BCUT2D eigenvalue weighted by molar-refractivity contribution is 6.05. The van der Waals surface area contributed by atoms with E-state index in [1.807, 2.05) is 0 Å². The Balaban J connectivity index is 2.66. The molecule has 2 N–H and O–H groups in total. The summed E-state index contributed by atoms with van der Waals surface area (Å²) in [5.41, 5.74) is -3.44. The average Bonchev–Trinajstić information content (AvgIpc) is 2.52. The van der Waals surface area contributed by atoms with Gasteiger partial charge < -0.3 is 20.1 Å². The number of carbonyl (C=O) groups excluding carboxylic acids is 2. The molecule has 1 aromatic carbocycles. The Morgan fingerprint density at radius 3 is 2.39 bits per heavy atom. The second-order valence-electron chi connectivity index (χ2n) is 7.20. The maximum Gasteiger partial charge on any atom is 0.417 e. The van der Waals surface area contributed by atoms with Crippen molar-refractivity contribution in [3.63, 3.8) is 0 Å². The summed E-state index contributed by atoms with van der Waals surface area (Å²) in [4.78, 5) is 37.0. The number of benzene rings is 1. The largest absolute Gasteiger partial charge is 0.481 e. The van der Waals surface area contributed by atoms with Gasteiger partial charge in [0.15, 0.2) is 5.60 Å². The van der Waals surface area contributed by atoms with Gasteiger partial charge in [-0.25, -0.2) is 0 Å². The van der Waals surface area contributed by atoms with E-state index in [0.29, 0.717) is 6.07 Å². The fourth-order valence-corrected chi connectivity index (χ4v) is 2.81. The average molecular weight is 402 g/mol. The molecule has 0 fully saturated rings. The van der Waals surface area contributed by atoms with Gasteiger partial charge in [-0.1, -0.05) is 0 Å². The zero-order valence-electron chi connectivity index (χ0n) is 15.8. The van der Waals surface area contributed by atoms with Gasteiger partial charge in [0.25, 0.3) is 11.8 Å². The van der Waals surface area contributed by atoms with Crippen molar-refractivity contribution >= 4 is 23.5 Å². The van der Waals surface area contributed by atoms with E-state index in [0.717, 1.165) is 11.0 Å². The smallest absolute Gasteiger partial charge is 0.417 e. The van der Waals surface area contributed by atoms with Crippen molar-refractivity contribution in [1.29, 1.82) is 0 Å². The molecule has 1 heterocycles. The minimum Gasteiger partial charge on any atom is -0.481 e. The van der Waals surface area contributed by atoms with Gasteiger partial charge in [0.05, 0.1) is 23.2 Å². The standard InChI is InChI=1S/C18H21F3N2O5/c1-9(2)22-15(26)10-7-12-13(8-11(10)18(19,20)21)28-17(3,4)16(27)23(12)6-5-14(24)25/h7-9H,5-6H2,1-4H3,(H,22,26)(H,24,25). The third kappa shape index (κ3) is 4.37. The number of nitrogens with one attached hydrogen (secondary N) is 1. The molecule has 1 aliphatic rings. The summed E-state index contributed by atoms with van der Waals surface area (Å²) in [6.45, 7) is 5.66. The van der Waals surface area contributed by atoms with Crippen molar-refractivity contribution in [2.75, 3.05) is 11.4 Å². The highest BCUT2D eigenvalue weighted by Gasteiger charge is 2.44. The number of nitrogens with zero attached hydrogens (tertiary/aromatic N) is 1. The fourth-order valence-electron chi connectivity index (χ4n) is 2.81. The second-order valence-corrected chi connectivity index (χ2v) is 7.20. The summed E-state index contributed by atoms with van der Waals surface area (Å²) in [6, 6.07) is 1.18. The van der Waals surface area contributed by atoms with Crippen molar-refractivity contribution < 1.29 is 37.4 Å². The van der Waals surface area contributed by atoms with Crippen LogP contribution >= 0.6 is 0 Å². The number of carboxylic acids is 1. The number of anilines is 1. The lowest BCUT2D eigenvalue weighted by Gasteiger charge is -2.39. The van der Waals surface area contributed by atoms with Crippen LogP contribution < -0.4 is 15.0 Å². The number of fused-ring (bicyclic) bond motifs is 1. The number of carboxylic acid groups (broad SMARTS) is 1. The molecule has 28 heavy (non-hydrogen) atoms. The van der Waals surface area contributed by atoms with E-state index in [4.69, 9.17) is 9.84 Å². The molecule has 0 saturated carbocycles. The number of carbonyl (C=O) groups is 3. The first-order valence-electron chi connectivity index (χ1n) is 8.53. The molecular weight excluding hydrogens is 381 g/mol. The number of hydrogen-bond acceptors (Lipinski definition) is 4. The predicted octanol–water partition coefficient (Wildman–Crippen LogP) is 2.82. The Morgan fingerprint density at radius 1 is 1.29 bits per heavy atom. The van der Waals surface area contributed by atoms with Gasteiger partial charge in [0.1, 0.15) is 5.75 Å². The van der Waals surface area contributed by atoms with Crippen LogP contribution in [0.3, 0.4) is 0 Å². The van der Waals surface area contributed by atoms with Crippen LogP contribution in [0.15, 0.2) is 12.1 Å². The Labute approximate surface area is 159 Å². The Morgan fingerprint density at radius 2 is 1.89 bits per heavy atom. The summed E-state index contributed by atoms with van der Waals surface area (Å²) >= 11 is 0. The van der Waals surface area contributed by atoms with Crippen LogP contribution in [-0.4, -0.2) is 41.1 Å². The first-order chi connectivity index (χ1) is 12.7. The first-order valence-corrected chi connectivity index (χ1v) is 8.53. The predicted molar refractivity (Wildman–Crippen MR) is 93.4 cm³/mol. The van der Waals surface area contributed by atoms with Crippen LogP contribution in [-0.2, 0) is 15.8 Å². The van der Waals surface area contributed by atoms with Crippen molar-refractivity contribution in [1.82, 2.24) is 5.32 Å². The molecule has 2 amide bonds. The number of rotatable bonds is 5. The summed E-state index contributed by atoms with van der Waals surface area (Å²) in [5, 5.41) is 11.3. The Bertz CT molecular complexity index is 818. The lowest BCUT2D eigenvalue weighted by Crippen LogP contribution is -2.53. The fraction of sp³-hybridized carbons (Fsp3) is 0.500. The van der Waals surface area contributed by atoms with Gasteiger partial charge in [-0.05, 0) is 39.8 Å². The third-order valence-electron chi connectivity index (χ3n) is 4.03. The van der Waals surface area contributed by atoms with Crippen molar-refractivity contribution in [2.24, 2.45) is 0 Å². The zero-order chi connectivity index (χ0) is 21.4. The minimum absolute atomic E-state index is 0.0764. The SMILES string of the molecule is CC(C)NC(=O)c1cc2c(cc1C(F)(F)F)OC(C)(C)C(=O)N2CCC(=O)O. The van der Waals surface area contributed by atoms with Gasteiger partial charge in [-0.2, -0.15) is 13.2 Å². The molecule has 0 bridgehead atoms. The molecule has 0 radical (unpaired) electrons. The molecule has 0 saturated heterocycles. The normalized spacial score (nSPS) is 15.9. The van der Waals surface area contributed by atoms with E-state index in [1.54, 1.807) is 13.8 Å². The highest BCUT2D eigenvalue weighted by Crippen LogP contribution is 2.43.